The third kappa shape index (κ3) is 3.52. The molecule has 1 aliphatic heterocycles. The van der Waals surface area contributed by atoms with E-state index in [0.717, 1.165) is 6.54 Å². The standard InChI is InChI=1S/C18H25N3O3/c1-12(2)15-11-20(18(24)14-4-3-8-19-17(14)23)9-7-16(22)21(15)10-13-5-6-13/h3-4,8,12-13,15H,5-7,9-11H2,1-2H3,(H,19,23)/t15-/m0/s1. The summed E-state index contributed by atoms with van der Waals surface area (Å²) in [4.78, 5) is 43.4. The highest BCUT2D eigenvalue weighted by atomic mass is 16.2. The van der Waals surface area contributed by atoms with Crippen molar-refractivity contribution < 1.29 is 9.59 Å². The maximum atomic E-state index is 12.8. The molecular formula is C18H25N3O3. The van der Waals surface area contributed by atoms with E-state index < -0.39 is 0 Å². The SMILES string of the molecule is CC(C)[C@@H]1CN(C(=O)c2ccc[nH]c2=O)CCC(=O)N1CC1CC1. The van der Waals surface area contributed by atoms with Crippen molar-refractivity contribution in [1.29, 1.82) is 0 Å². The Morgan fingerprint density at radius 1 is 1.33 bits per heavy atom. The summed E-state index contributed by atoms with van der Waals surface area (Å²) in [6.45, 7) is 5.83. The first-order valence-electron chi connectivity index (χ1n) is 8.74. The van der Waals surface area contributed by atoms with Gasteiger partial charge in [0.05, 0.1) is 6.04 Å². The van der Waals surface area contributed by atoms with Gasteiger partial charge in [-0.2, -0.15) is 0 Å². The molecule has 1 saturated heterocycles. The van der Waals surface area contributed by atoms with Gasteiger partial charge in [0, 0.05) is 32.3 Å². The van der Waals surface area contributed by atoms with Crippen LogP contribution in [0.4, 0.5) is 0 Å². The highest BCUT2D eigenvalue weighted by molar-refractivity contribution is 5.94. The molecule has 1 saturated carbocycles. The number of aromatic nitrogens is 1. The van der Waals surface area contributed by atoms with Gasteiger partial charge >= 0.3 is 0 Å². The summed E-state index contributed by atoms with van der Waals surface area (Å²) in [5.74, 6) is 0.714. The minimum Gasteiger partial charge on any atom is -0.337 e. The molecule has 2 heterocycles. The molecule has 1 aromatic rings. The molecule has 0 unspecified atom stereocenters. The molecule has 130 valence electrons. The average molecular weight is 331 g/mol. The van der Waals surface area contributed by atoms with Gasteiger partial charge in [-0.15, -0.1) is 0 Å². The molecule has 2 amide bonds. The van der Waals surface area contributed by atoms with Crippen LogP contribution in [0.25, 0.3) is 0 Å². The largest absolute Gasteiger partial charge is 0.337 e. The lowest BCUT2D eigenvalue weighted by atomic mass is 10.0. The number of hydrogen-bond acceptors (Lipinski definition) is 3. The average Bonchev–Trinajstić information content (AvgIpc) is 3.37. The van der Waals surface area contributed by atoms with Crippen molar-refractivity contribution in [3.8, 4) is 0 Å². The van der Waals surface area contributed by atoms with Crippen molar-refractivity contribution in [2.75, 3.05) is 19.6 Å². The first-order valence-corrected chi connectivity index (χ1v) is 8.74. The van der Waals surface area contributed by atoms with Crippen LogP contribution in [-0.4, -0.2) is 52.3 Å². The maximum Gasteiger partial charge on any atom is 0.260 e. The molecule has 1 aromatic heterocycles. The van der Waals surface area contributed by atoms with Gasteiger partial charge in [-0.05, 0) is 36.8 Å². The van der Waals surface area contributed by atoms with Crippen LogP contribution in [0, 0.1) is 11.8 Å². The zero-order valence-electron chi connectivity index (χ0n) is 14.3. The quantitative estimate of drug-likeness (QED) is 0.908. The Hall–Kier alpha value is -2.11. The van der Waals surface area contributed by atoms with Gasteiger partial charge in [0.2, 0.25) is 5.91 Å². The molecule has 2 aliphatic rings. The zero-order valence-corrected chi connectivity index (χ0v) is 14.3. The Morgan fingerprint density at radius 3 is 2.71 bits per heavy atom. The predicted octanol–water partition coefficient (Wildman–Crippen LogP) is 1.48. The maximum absolute atomic E-state index is 12.8. The second-order valence-electron chi connectivity index (χ2n) is 7.21. The van der Waals surface area contributed by atoms with E-state index in [9.17, 15) is 14.4 Å². The van der Waals surface area contributed by atoms with Gasteiger partial charge in [-0.25, -0.2) is 0 Å². The van der Waals surface area contributed by atoms with E-state index in [-0.39, 0.29) is 34.9 Å². The van der Waals surface area contributed by atoms with E-state index in [2.05, 4.69) is 18.8 Å². The number of amides is 2. The van der Waals surface area contributed by atoms with Crippen LogP contribution in [0.2, 0.25) is 0 Å². The molecule has 1 atom stereocenters. The third-order valence-corrected chi connectivity index (χ3v) is 4.98. The van der Waals surface area contributed by atoms with E-state index in [1.165, 1.54) is 19.0 Å². The summed E-state index contributed by atoms with van der Waals surface area (Å²) in [7, 11) is 0. The molecule has 1 N–H and O–H groups in total. The summed E-state index contributed by atoms with van der Waals surface area (Å²) < 4.78 is 0. The lowest BCUT2D eigenvalue weighted by Gasteiger charge is -2.34. The molecule has 0 bridgehead atoms. The Kier molecular flexibility index (Phi) is 4.73. The van der Waals surface area contributed by atoms with Crippen LogP contribution in [-0.2, 0) is 4.79 Å². The fourth-order valence-electron chi connectivity index (χ4n) is 3.31. The first kappa shape index (κ1) is 16.7. The van der Waals surface area contributed by atoms with E-state index in [4.69, 9.17) is 0 Å². The molecule has 0 radical (unpaired) electrons. The van der Waals surface area contributed by atoms with Gasteiger partial charge in [0.25, 0.3) is 11.5 Å². The molecule has 0 spiro atoms. The van der Waals surface area contributed by atoms with Crippen molar-refractivity contribution in [2.24, 2.45) is 11.8 Å². The fourth-order valence-corrected chi connectivity index (χ4v) is 3.31. The van der Waals surface area contributed by atoms with E-state index in [1.807, 2.05) is 4.90 Å². The fraction of sp³-hybridized carbons (Fsp3) is 0.611. The van der Waals surface area contributed by atoms with Crippen LogP contribution < -0.4 is 5.56 Å². The van der Waals surface area contributed by atoms with Gasteiger partial charge in [-0.1, -0.05) is 13.8 Å². The van der Waals surface area contributed by atoms with Gasteiger partial charge in [0.15, 0.2) is 0 Å². The van der Waals surface area contributed by atoms with Crippen molar-refractivity contribution >= 4 is 11.8 Å². The number of carbonyl (C=O) groups is 2. The topological polar surface area (TPSA) is 73.5 Å². The number of carbonyl (C=O) groups excluding carboxylic acids is 2. The molecule has 2 fully saturated rings. The van der Waals surface area contributed by atoms with Crippen LogP contribution >= 0.6 is 0 Å². The van der Waals surface area contributed by atoms with E-state index >= 15 is 0 Å². The Bertz CT molecular complexity index is 678. The molecule has 0 aromatic carbocycles. The molecule has 6 heteroatoms. The number of rotatable bonds is 4. The van der Waals surface area contributed by atoms with Crippen LogP contribution in [0.1, 0.15) is 43.5 Å². The van der Waals surface area contributed by atoms with E-state index in [0.29, 0.717) is 25.4 Å². The highest BCUT2D eigenvalue weighted by Crippen LogP contribution is 2.32. The predicted molar refractivity (Wildman–Crippen MR) is 90.6 cm³/mol. The van der Waals surface area contributed by atoms with Gasteiger partial charge < -0.3 is 14.8 Å². The number of hydrogen-bond donors (Lipinski definition) is 1. The highest BCUT2D eigenvalue weighted by Gasteiger charge is 2.37. The Labute approximate surface area is 141 Å². The van der Waals surface area contributed by atoms with Crippen LogP contribution in [0.3, 0.4) is 0 Å². The molecule has 1 aliphatic carbocycles. The summed E-state index contributed by atoms with van der Waals surface area (Å²) in [5.41, 5.74) is -0.239. The molecule has 6 nitrogen and oxygen atoms in total. The smallest absolute Gasteiger partial charge is 0.260 e. The monoisotopic (exact) mass is 331 g/mol. The number of nitrogens with one attached hydrogen (secondary N) is 1. The van der Waals surface area contributed by atoms with Crippen LogP contribution in [0.15, 0.2) is 23.1 Å². The number of H-pyrrole nitrogens is 1. The number of aromatic amines is 1. The van der Waals surface area contributed by atoms with E-state index in [1.54, 1.807) is 17.0 Å². The summed E-state index contributed by atoms with van der Waals surface area (Å²) in [6.07, 6.45) is 4.22. The summed E-state index contributed by atoms with van der Waals surface area (Å²) in [5, 5.41) is 0. The molecular weight excluding hydrogens is 306 g/mol. The molecule has 3 rings (SSSR count). The first-order chi connectivity index (χ1) is 11.5. The van der Waals surface area contributed by atoms with Gasteiger partial charge in [0.1, 0.15) is 5.56 Å². The lowest BCUT2D eigenvalue weighted by Crippen LogP contribution is -2.48. The molecule has 24 heavy (non-hydrogen) atoms. The number of pyridine rings is 1. The van der Waals surface area contributed by atoms with Crippen LogP contribution in [0.5, 0.6) is 0 Å². The second kappa shape index (κ2) is 6.79. The lowest BCUT2D eigenvalue weighted by molar-refractivity contribution is -0.133. The Balaban J connectivity index is 1.82. The summed E-state index contributed by atoms with van der Waals surface area (Å²) >= 11 is 0. The minimum absolute atomic E-state index is 0.00680. The normalized spacial score (nSPS) is 22.0. The Morgan fingerprint density at radius 2 is 2.08 bits per heavy atom. The van der Waals surface area contributed by atoms with Crippen molar-refractivity contribution in [1.82, 2.24) is 14.8 Å². The van der Waals surface area contributed by atoms with Gasteiger partial charge in [-0.3, -0.25) is 14.4 Å². The second-order valence-corrected chi connectivity index (χ2v) is 7.21. The third-order valence-electron chi connectivity index (χ3n) is 4.98. The van der Waals surface area contributed by atoms with Crippen molar-refractivity contribution in [2.45, 2.75) is 39.2 Å². The van der Waals surface area contributed by atoms with Crippen molar-refractivity contribution in [3.63, 3.8) is 0 Å². The zero-order chi connectivity index (χ0) is 17.3. The minimum atomic E-state index is -0.381. The summed E-state index contributed by atoms with van der Waals surface area (Å²) in [6, 6.07) is 3.20. The van der Waals surface area contributed by atoms with Crippen molar-refractivity contribution in [3.05, 3.63) is 34.2 Å². The number of nitrogens with zero attached hydrogens (tertiary/aromatic N) is 2.